The molecule has 1 atom stereocenters. The van der Waals surface area contributed by atoms with Gasteiger partial charge in [0.2, 0.25) is 0 Å². The summed E-state index contributed by atoms with van der Waals surface area (Å²) in [5.41, 5.74) is -1.31. The molecule has 8 nitrogen and oxygen atoms in total. The summed E-state index contributed by atoms with van der Waals surface area (Å²) in [7, 11) is 0. The van der Waals surface area contributed by atoms with Crippen LogP contribution in [0.2, 0.25) is 0 Å². The number of nitrogens with zero attached hydrogens (tertiary/aromatic N) is 4. The molecule has 2 N–H and O–H groups in total. The largest absolute Gasteiger partial charge is 0.480 e. The van der Waals surface area contributed by atoms with E-state index in [0.29, 0.717) is 6.20 Å². The molecule has 0 aliphatic heterocycles. The number of alkyl halides is 4. The van der Waals surface area contributed by atoms with Gasteiger partial charge in [0.05, 0.1) is 11.8 Å². The molecule has 0 fully saturated rings. The summed E-state index contributed by atoms with van der Waals surface area (Å²) < 4.78 is 50.7. The first-order chi connectivity index (χ1) is 11.2. The number of nitrogens with one attached hydrogen (secondary N) is 1. The number of carbonyl (C=O) groups is 2. The summed E-state index contributed by atoms with van der Waals surface area (Å²) in [5.74, 6) is -2.62. The molecule has 12 heteroatoms. The number of pyridine rings is 1. The van der Waals surface area contributed by atoms with Crippen molar-refractivity contribution < 1.29 is 32.3 Å². The summed E-state index contributed by atoms with van der Waals surface area (Å²) in [6.45, 7) is -1.32. The second kappa shape index (κ2) is 6.60. The molecule has 2 aromatic rings. The predicted molar refractivity (Wildman–Crippen MR) is 69.0 cm³/mol. The Balaban J connectivity index is 2.15. The quantitative estimate of drug-likeness (QED) is 0.776. The van der Waals surface area contributed by atoms with Crippen LogP contribution in [0.3, 0.4) is 0 Å². The molecule has 0 spiro atoms. The zero-order valence-electron chi connectivity index (χ0n) is 11.7. The number of halogens is 4. The standard InChI is InChI=1S/C12H9F4N5O3/c13-3-7(11(23)24)18-10(22)8-5-21(20-19-8)9-2-1-6(4-17-9)12(14,15)16/h1-2,4-5,7H,3H2,(H,18,22)(H,23,24). The van der Waals surface area contributed by atoms with Crippen LogP contribution in [0, 0.1) is 0 Å². The Morgan fingerprint density at radius 3 is 2.54 bits per heavy atom. The lowest BCUT2D eigenvalue weighted by Gasteiger charge is -2.08. The van der Waals surface area contributed by atoms with Gasteiger partial charge in [-0.25, -0.2) is 18.9 Å². The summed E-state index contributed by atoms with van der Waals surface area (Å²) >= 11 is 0. The molecule has 24 heavy (non-hydrogen) atoms. The van der Waals surface area contributed by atoms with E-state index in [1.165, 1.54) is 0 Å². The summed E-state index contributed by atoms with van der Waals surface area (Å²) in [6.07, 6.45) is -2.94. The highest BCUT2D eigenvalue weighted by Gasteiger charge is 2.30. The predicted octanol–water partition coefficient (Wildman–Crippen LogP) is 0.834. The molecule has 2 heterocycles. The number of aliphatic carboxylic acids is 1. The van der Waals surface area contributed by atoms with E-state index in [1.807, 2.05) is 5.32 Å². The molecule has 1 unspecified atom stereocenters. The fourth-order valence-corrected chi connectivity index (χ4v) is 1.57. The lowest BCUT2D eigenvalue weighted by molar-refractivity contribution is -0.140. The van der Waals surface area contributed by atoms with Gasteiger partial charge >= 0.3 is 12.1 Å². The van der Waals surface area contributed by atoms with Crippen molar-refractivity contribution in [2.24, 2.45) is 0 Å². The number of hydrogen-bond acceptors (Lipinski definition) is 5. The van der Waals surface area contributed by atoms with Gasteiger partial charge in [-0.15, -0.1) is 5.10 Å². The normalized spacial score (nSPS) is 12.7. The smallest absolute Gasteiger partial charge is 0.417 e. The average molecular weight is 347 g/mol. The molecule has 2 aromatic heterocycles. The van der Waals surface area contributed by atoms with Gasteiger partial charge < -0.3 is 10.4 Å². The molecule has 1 amide bonds. The van der Waals surface area contributed by atoms with Crippen molar-refractivity contribution in [1.82, 2.24) is 25.3 Å². The summed E-state index contributed by atoms with van der Waals surface area (Å²) in [6, 6.07) is 0.0422. The number of carbonyl (C=O) groups excluding carboxylic acids is 1. The Hall–Kier alpha value is -3.05. The van der Waals surface area contributed by atoms with Crippen LogP contribution in [-0.2, 0) is 11.0 Å². The Morgan fingerprint density at radius 2 is 2.04 bits per heavy atom. The second-order valence-electron chi connectivity index (χ2n) is 4.47. The third-order valence-electron chi connectivity index (χ3n) is 2.79. The number of amides is 1. The highest BCUT2D eigenvalue weighted by molar-refractivity contribution is 5.94. The lowest BCUT2D eigenvalue weighted by Crippen LogP contribution is -2.42. The minimum absolute atomic E-state index is 0.0465. The molecule has 0 bridgehead atoms. The lowest BCUT2D eigenvalue weighted by atomic mass is 10.3. The highest BCUT2D eigenvalue weighted by Crippen LogP contribution is 2.28. The number of rotatable bonds is 5. The van der Waals surface area contributed by atoms with Gasteiger partial charge in [0.15, 0.2) is 17.6 Å². The topological polar surface area (TPSA) is 110 Å². The number of carboxylic acids is 1. The van der Waals surface area contributed by atoms with Gasteiger partial charge in [0, 0.05) is 6.20 Å². The number of carboxylic acid groups (broad SMARTS) is 1. The van der Waals surface area contributed by atoms with E-state index < -0.39 is 36.3 Å². The maximum absolute atomic E-state index is 12.5. The fraction of sp³-hybridized carbons (Fsp3) is 0.250. The molecule has 0 aliphatic rings. The first-order valence-electron chi connectivity index (χ1n) is 6.28. The summed E-state index contributed by atoms with van der Waals surface area (Å²) in [5, 5.41) is 17.5. The highest BCUT2D eigenvalue weighted by atomic mass is 19.4. The van der Waals surface area contributed by atoms with Crippen molar-refractivity contribution in [2.75, 3.05) is 6.67 Å². The summed E-state index contributed by atoms with van der Waals surface area (Å²) in [4.78, 5) is 25.9. The van der Waals surface area contributed by atoms with Crippen LogP contribution in [0.25, 0.3) is 5.82 Å². The molecule has 0 saturated carbocycles. The Kier molecular flexibility index (Phi) is 4.76. The zero-order valence-corrected chi connectivity index (χ0v) is 11.7. The van der Waals surface area contributed by atoms with E-state index in [4.69, 9.17) is 5.11 Å². The van der Waals surface area contributed by atoms with Crippen molar-refractivity contribution in [3.8, 4) is 5.82 Å². The monoisotopic (exact) mass is 347 g/mol. The van der Waals surface area contributed by atoms with Crippen LogP contribution in [0.5, 0.6) is 0 Å². The van der Waals surface area contributed by atoms with Crippen LogP contribution in [0.1, 0.15) is 16.1 Å². The molecule has 128 valence electrons. The van der Waals surface area contributed by atoms with Gasteiger partial charge in [0.1, 0.15) is 6.67 Å². The minimum Gasteiger partial charge on any atom is -0.480 e. The fourth-order valence-electron chi connectivity index (χ4n) is 1.57. The third-order valence-corrected chi connectivity index (χ3v) is 2.79. The Morgan fingerprint density at radius 1 is 1.33 bits per heavy atom. The van der Waals surface area contributed by atoms with Crippen LogP contribution < -0.4 is 5.32 Å². The van der Waals surface area contributed by atoms with E-state index in [-0.39, 0.29) is 11.5 Å². The average Bonchev–Trinajstić information content (AvgIpc) is 3.01. The van der Waals surface area contributed by atoms with Crippen LogP contribution in [0.15, 0.2) is 24.5 Å². The van der Waals surface area contributed by atoms with Crippen molar-refractivity contribution in [2.45, 2.75) is 12.2 Å². The molecule has 0 saturated heterocycles. The van der Waals surface area contributed by atoms with Gasteiger partial charge in [-0.05, 0) is 12.1 Å². The van der Waals surface area contributed by atoms with Crippen molar-refractivity contribution in [3.63, 3.8) is 0 Å². The van der Waals surface area contributed by atoms with Crippen LogP contribution in [-0.4, -0.2) is 49.7 Å². The van der Waals surface area contributed by atoms with Crippen molar-refractivity contribution in [1.29, 1.82) is 0 Å². The van der Waals surface area contributed by atoms with E-state index in [9.17, 15) is 27.2 Å². The van der Waals surface area contributed by atoms with Crippen LogP contribution >= 0.6 is 0 Å². The van der Waals surface area contributed by atoms with E-state index in [0.717, 1.165) is 23.0 Å². The number of hydrogen-bond donors (Lipinski definition) is 2. The van der Waals surface area contributed by atoms with Crippen molar-refractivity contribution >= 4 is 11.9 Å². The maximum Gasteiger partial charge on any atom is 0.417 e. The molecule has 0 radical (unpaired) electrons. The maximum atomic E-state index is 12.5. The van der Waals surface area contributed by atoms with Gasteiger partial charge in [-0.2, -0.15) is 13.2 Å². The third kappa shape index (κ3) is 3.83. The van der Waals surface area contributed by atoms with Gasteiger partial charge in [-0.1, -0.05) is 5.21 Å². The Labute approximate surface area is 131 Å². The van der Waals surface area contributed by atoms with Gasteiger partial charge in [0.25, 0.3) is 5.91 Å². The minimum atomic E-state index is -4.54. The Bertz CT molecular complexity index is 744. The molecular weight excluding hydrogens is 338 g/mol. The van der Waals surface area contributed by atoms with Gasteiger partial charge in [-0.3, -0.25) is 4.79 Å². The van der Waals surface area contributed by atoms with Crippen LogP contribution in [0.4, 0.5) is 17.6 Å². The van der Waals surface area contributed by atoms with E-state index >= 15 is 0 Å². The first kappa shape index (κ1) is 17.3. The molecule has 2 rings (SSSR count). The number of aromatic nitrogens is 4. The first-order valence-corrected chi connectivity index (χ1v) is 6.28. The molecule has 0 aliphatic carbocycles. The van der Waals surface area contributed by atoms with Crippen molar-refractivity contribution in [3.05, 3.63) is 35.8 Å². The zero-order chi connectivity index (χ0) is 17.9. The van der Waals surface area contributed by atoms with E-state index in [2.05, 4.69) is 15.3 Å². The van der Waals surface area contributed by atoms with E-state index in [1.54, 1.807) is 0 Å². The molecule has 0 aromatic carbocycles. The second-order valence-corrected chi connectivity index (χ2v) is 4.47. The molecular formula is C12H9F4N5O3. The SMILES string of the molecule is O=C(NC(CF)C(=O)O)c1cn(-c2ccc(C(F)(F)F)cn2)nn1.